The predicted octanol–water partition coefficient (Wildman–Crippen LogP) is 3.88. The van der Waals surface area contributed by atoms with E-state index in [2.05, 4.69) is 43.3 Å². The topological polar surface area (TPSA) is 9.23 Å². The van der Waals surface area contributed by atoms with Crippen LogP contribution in [0, 0.1) is 5.92 Å². The molecule has 1 nitrogen and oxygen atoms in total. The lowest BCUT2D eigenvalue weighted by molar-refractivity contribution is 0.410. The van der Waals surface area contributed by atoms with Crippen LogP contribution < -0.4 is 4.74 Å². The maximum atomic E-state index is 5.37. The van der Waals surface area contributed by atoms with Gasteiger partial charge in [0.25, 0.3) is 0 Å². The summed E-state index contributed by atoms with van der Waals surface area (Å²) < 4.78 is 5.37. The number of hydrogen-bond donors (Lipinski definition) is 0. The largest absolute Gasteiger partial charge is 0.496 e. The van der Waals surface area contributed by atoms with Crippen LogP contribution in [0.5, 0.6) is 5.75 Å². The van der Waals surface area contributed by atoms with Crippen molar-refractivity contribution in [1.82, 2.24) is 0 Å². The molecule has 0 unspecified atom stereocenters. The number of rotatable bonds is 4. The Bertz CT molecular complexity index is 462. The highest BCUT2D eigenvalue weighted by Crippen LogP contribution is 2.25. The summed E-state index contributed by atoms with van der Waals surface area (Å²) in [7, 11) is 1.72. The van der Waals surface area contributed by atoms with Crippen molar-refractivity contribution in [2.45, 2.75) is 13.3 Å². The Morgan fingerprint density at radius 1 is 0.941 bits per heavy atom. The van der Waals surface area contributed by atoms with E-state index in [9.17, 15) is 0 Å². The van der Waals surface area contributed by atoms with E-state index in [0.717, 1.165) is 12.2 Å². The number of benzene rings is 2. The molecule has 0 bridgehead atoms. The lowest BCUT2D eigenvalue weighted by Crippen LogP contribution is -2.01. The van der Waals surface area contributed by atoms with Gasteiger partial charge < -0.3 is 4.74 Å². The third-order valence-corrected chi connectivity index (χ3v) is 2.91. The molecule has 0 heterocycles. The summed E-state index contributed by atoms with van der Waals surface area (Å²) in [6, 6.07) is 18.6. The molecule has 0 atom stereocenters. The molecule has 0 amide bonds. The molecule has 1 heteroatoms. The van der Waals surface area contributed by atoms with Gasteiger partial charge >= 0.3 is 0 Å². The summed E-state index contributed by atoms with van der Waals surface area (Å²) in [6.45, 7) is 2.17. The van der Waals surface area contributed by atoms with Gasteiger partial charge in [0.2, 0.25) is 0 Å². The molecule has 17 heavy (non-hydrogen) atoms. The van der Waals surface area contributed by atoms with Gasteiger partial charge in [-0.3, -0.25) is 0 Å². The number of hydrogen-bond acceptors (Lipinski definition) is 1. The first-order chi connectivity index (χ1) is 8.31. The first-order valence-corrected chi connectivity index (χ1v) is 5.81. The Morgan fingerprint density at radius 3 is 2.29 bits per heavy atom. The second kappa shape index (κ2) is 5.53. The van der Waals surface area contributed by atoms with E-state index < -0.39 is 0 Å². The normalized spacial score (nSPS) is 10.5. The van der Waals surface area contributed by atoms with E-state index in [0.29, 0.717) is 0 Å². The zero-order valence-electron chi connectivity index (χ0n) is 10.3. The van der Waals surface area contributed by atoms with Gasteiger partial charge in [0.15, 0.2) is 0 Å². The Balaban J connectivity index is 2.16. The van der Waals surface area contributed by atoms with Crippen molar-refractivity contribution in [2.75, 3.05) is 7.11 Å². The molecule has 0 aliphatic rings. The predicted molar refractivity (Wildman–Crippen MR) is 71.2 cm³/mol. The molecule has 0 aliphatic heterocycles. The summed E-state index contributed by atoms with van der Waals surface area (Å²) >= 11 is 0. The maximum absolute atomic E-state index is 5.37. The smallest absolute Gasteiger partial charge is 0.122 e. The summed E-state index contributed by atoms with van der Waals surface area (Å²) in [6.07, 6.45) is 0.925. The van der Waals surface area contributed by atoms with Crippen molar-refractivity contribution in [1.29, 1.82) is 0 Å². The van der Waals surface area contributed by atoms with E-state index in [1.807, 2.05) is 18.2 Å². The van der Waals surface area contributed by atoms with Crippen molar-refractivity contribution < 1.29 is 4.74 Å². The van der Waals surface area contributed by atoms with Crippen LogP contribution in [0.4, 0.5) is 0 Å². The van der Waals surface area contributed by atoms with Crippen molar-refractivity contribution in [3.8, 4) is 5.75 Å². The summed E-state index contributed by atoms with van der Waals surface area (Å²) in [4.78, 5) is 0. The minimum atomic E-state index is 0.925. The fourth-order valence-corrected chi connectivity index (χ4v) is 1.96. The van der Waals surface area contributed by atoms with Crippen LogP contribution in [0.15, 0.2) is 54.6 Å². The van der Waals surface area contributed by atoms with E-state index >= 15 is 0 Å². The first kappa shape index (κ1) is 11.7. The molecule has 0 N–H and O–H groups in total. The Kier molecular flexibility index (Phi) is 3.81. The zero-order valence-corrected chi connectivity index (χ0v) is 10.3. The van der Waals surface area contributed by atoms with E-state index in [1.54, 1.807) is 7.11 Å². The highest BCUT2D eigenvalue weighted by molar-refractivity contribution is 5.39. The lowest BCUT2D eigenvalue weighted by atomic mass is 9.93. The van der Waals surface area contributed by atoms with Crippen molar-refractivity contribution >= 4 is 0 Å². The second-order valence-corrected chi connectivity index (χ2v) is 4.13. The standard InChI is InChI=1S/C16H17O/c1-13(14-8-4-3-5-9-14)12-15-10-6-7-11-16(15)17-2/h3-11H,12H2,1-2H3. The lowest BCUT2D eigenvalue weighted by Gasteiger charge is -2.13. The summed E-state index contributed by atoms with van der Waals surface area (Å²) in [5.74, 6) is 2.32. The second-order valence-electron chi connectivity index (χ2n) is 4.13. The van der Waals surface area contributed by atoms with E-state index in [4.69, 9.17) is 4.74 Å². The van der Waals surface area contributed by atoms with Crippen LogP contribution in [0.3, 0.4) is 0 Å². The maximum Gasteiger partial charge on any atom is 0.122 e. The highest BCUT2D eigenvalue weighted by atomic mass is 16.5. The number of methoxy groups -OCH3 is 1. The fraction of sp³-hybridized carbons (Fsp3) is 0.188. The van der Waals surface area contributed by atoms with Crippen LogP contribution in [0.25, 0.3) is 0 Å². The van der Waals surface area contributed by atoms with Crippen molar-refractivity contribution in [3.63, 3.8) is 0 Å². The van der Waals surface area contributed by atoms with Crippen molar-refractivity contribution in [2.24, 2.45) is 0 Å². The van der Waals surface area contributed by atoms with Gasteiger partial charge in [-0.25, -0.2) is 0 Å². The van der Waals surface area contributed by atoms with Gasteiger partial charge in [-0.2, -0.15) is 0 Å². The quantitative estimate of drug-likeness (QED) is 0.767. The average molecular weight is 225 g/mol. The van der Waals surface area contributed by atoms with Gasteiger partial charge in [-0.05, 0) is 23.6 Å². The molecule has 0 aliphatic carbocycles. The Hall–Kier alpha value is -1.76. The molecule has 2 aromatic carbocycles. The van der Waals surface area contributed by atoms with Gasteiger partial charge in [-0.1, -0.05) is 55.5 Å². The van der Waals surface area contributed by atoms with Crippen molar-refractivity contribution in [3.05, 3.63) is 71.6 Å². The third-order valence-electron chi connectivity index (χ3n) is 2.91. The van der Waals surface area contributed by atoms with Gasteiger partial charge in [0, 0.05) is 5.92 Å². The zero-order chi connectivity index (χ0) is 12.1. The molecule has 0 saturated heterocycles. The average Bonchev–Trinajstić information content (AvgIpc) is 2.40. The van der Waals surface area contributed by atoms with Crippen LogP contribution in [0.1, 0.15) is 18.1 Å². The third kappa shape index (κ3) is 2.88. The van der Waals surface area contributed by atoms with Crippen LogP contribution in [-0.2, 0) is 6.42 Å². The summed E-state index contributed by atoms with van der Waals surface area (Å²) in [5, 5.41) is 0. The van der Waals surface area contributed by atoms with E-state index in [-0.39, 0.29) is 0 Å². The minimum Gasteiger partial charge on any atom is -0.496 e. The van der Waals surface area contributed by atoms with Gasteiger partial charge in [0.1, 0.15) is 5.75 Å². The molecule has 87 valence electrons. The molecule has 0 fully saturated rings. The fourth-order valence-electron chi connectivity index (χ4n) is 1.96. The Morgan fingerprint density at radius 2 is 1.59 bits per heavy atom. The molecule has 2 rings (SSSR count). The molecule has 1 radical (unpaired) electrons. The number of para-hydroxylation sites is 1. The first-order valence-electron chi connectivity index (χ1n) is 5.81. The highest BCUT2D eigenvalue weighted by Gasteiger charge is 2.09. The molecule has 2 aromatic rings. The Labute approximate surface area is 103 Å². The minimum absolute atomic E-state index is 0.925. The molecule has 0 saturated carbocycles. The van der Waals surface area contributed by atoms with Gasteiger partial charge in [-0.15, -0.1) is 0 Å². The van der Waals surface area contributed by atoms with Crippen LogP contribution >= 0.6 is 0 Å². The van der Waals surface area contributed by atoms with E-state index in [1.165, 1.54) is 17.0 Å². The molecule has 0 aromatic heterocycles. The van der Waals surface area contributed by atoms with Crippen LogP contribution in [-0.4, -0.2) is 7.11 Å². The number of ether oxygens (including phenoxy) is 1. The van der Waals surface area contributed by atoms with Crippen LogP contribution in [0.2, 0.25) is 0 Å². The molecular weight excluding hydrogens is 208 g/mol. The monoisotopic (exact) mass is 225 g/mol. The molecule has 0 spiro atoms. The molecular formula is C16H17O. The van der Waals surface area contributed by atoms with Gasteiger partial charge in [0.05, 0.1) is 7.11 Å². The summed E-state index contributed by atoms with van der Waals surface area (Å²) in [5.41, 5.74) is 2.52. The SMILES string of the molecule is COc1ccccc1C[C](C)c1ccccc1.